The fraction of sp³-hybridized carbons (Fsp3) is 0. The van der Waals surface area contributed by atoms with Gasteiger partial charge >= 0.3 is 0 Å². The molecular weight excluding hydrogens is 270 g/mol. The molecule has 2 rings (SSSR count). The third-order valence-electron chi connectivity index (χ3n) is 1.89. The fourth-order valence-corrected chi connectivity index (χ4v) is 2.18. The van der Waals surface area contributed by atoms with Gasteiger partial charge in [-0.1, -0.05) is 11.6 Å². The lowest BCUT2D eigenvalue weighted by atomic mass is 10.3. The lowest BCUT2D eigenvalue weighted by Gasteiger charge is -2.04. The molecule has 0 radical (unpaired) electrons. The van der Waals surface area contributed by atoms with Crippen LogP contribution in [0, 0.1) is 11.9 Å². The van der Waals surface area contributed by atoms with Crippen molar-refractivity contribution in [2.24, 2.45) is 0 Å². The Balaban J connectivity index is 2.22. The summed E-state index contributed by atoms with van der Waals surface area (Å²) in [5.74, 6) is -2.59. The summed E-state index contributed by atoms with van der Waals surface area (Å²) >= 11 is 6.87. The number of halogens is 3. The molecule has 0 saturated carbocycles. The molecule has 0 fully saturated rings. The van der Waals surface area contributed by atoms with Gasteiger partial charge in [-0.05, 0) is 23.6 Å². The summed E-state index contributed by atoms with van der Waals surface area (Å²) in [5, 5.41) is 4.18. The van der Waals surface area contributed by atoms with Crippen LogP contribution in [0.1, 0.15) is 9.67 Å². The van der Waals surface area contributed by atoms with E-state index in [4.69, 9.17) is 11.6 Å². The van der Waals surface area contributed by atoms with Crippen LogP contribution < -0.4 is 5.32 Å². The number of aromatic nitrogens is 1. The summed E-state index contributed by atoms with van der Waals surface area (Å²) < 4.78 is 25.7. The Morgan fingerprint density at radius 3 is 2.71 bits per heavy atom. The maximum Gasteiger partial charge on any atom is 0.267 e. The number of anilines is 1. The number of hydrogen-bond donors (Lipinski definition) is 1. The van der Waals surface area contributed by atoms with Gasteiger partial charge in [-0.3, -0.25) is 4.79 Å². The van der Waals surface area contributed by atoms with E-state index in [0.29, 0.717) is 0 Å². The molecule has 2 aromatic rings. The SMILES string of the molecule is O=C(Nc1ccc(F)nc1F)c1sccc1Cl. The highest BCUT2D eigenvalue weighted by atomic mass is 35.5. The Bertz CT molecular complexity index is 573. The molecule has 0 aliphatic rings. The van der Waals surface area contributed by atoms with E-state index in [0.717, 1.165) is 23.5 Å². The highest BCUT2D eigenvalue weighted by Crippen LogP contribution is 2.23. The molecule has 17 heavy (non-hydrogen) atoms. The Hall–Kier alpha value is -1.53. The van der Waals surface area contributed by atoms with Crippen molar-refractivity contribution < 1.29 is 13.6 Å². The van der Waals surface area contributed by atoms with Gasteiger partial charge in [0.15, 0.2) is 0 Å². The second-order valence-electron chi connectivity index (χ2n) is 3.02. The number of thiophene rings is 1. The van der Waals surface area contributed by atoms with Crippen LogP contribution in [0.15, 0.2) is 23.6 Å². The summed E-state index contributed by atoms with van der Waals surface area (Å²) in [6.07, 6.45) is 0. The molecule has 0 aliphatic heterocycles. The molecule has 1 amide bonds. The number of pyridine rings is 1. The standard InChI is InChI=1S/C10H5ClF2N2OS/c11-5-3-4-17-8(5)10(16)14-6-1-2-7(12)15-9(6)13/h1-4H,(H,14,16). The third-order valence-corrected chi connectivity index (χ3v) is 3.23. The molecule has 0 aliphatic carbocycles. The van der Waals surface area contributed by atoms with Crippen molar-refractivity contribution in [1.29, 1.82) is 0 Å². The van der Waals surface area contributed by atoms with Gasteiger partial charge in [0.05, 0.1) is 10.7 Å². The van der Waals surface area contributed by atoms with E-state index >= 15 is 0 Å². The minimum absolute atomic E-state index is 0.194. The second kappa shape index (κ2) is 4.77. The highest BCUT2D eigenvalue weighted by Gasteiger charge is 2.14. The number of nitrogens with zero attached hydrogens (tertiary/aromatic N) is 1. The minimum atomic E-state index is -1.08. The molecule has 3 nitrogen and oxygen atoms in total. The molecule has 7 heteroatoms. The predicted molar refractivity (Wildman–Crippen MR) is 61.4 cm³/mol. The Kier molecular flexibility index (Phi) is 3.35. The Morgan fingerprint density at radius 2 is 2.12 bits per heavy atom. The van der Waals surface area contributed by atoms with Crippen molar-refractivity contribution >= 4 is 34.5 Å². The van der Waals surface area contributed by atoms with Crippen LogP contribution in [-0.2, 0) is 0 Å². The van der Waals surface area contributed by atoms with Crippen LogP contribution in [0.3, 0.4) is 0 Å². The summed E-state index contributed by atoms with van der Waals surface area (Å²) in [6, 6.07) is 3.60. The zero-order valence-corrected chi connectivity index (χ0v) is 9.78. The first-order chi connectivity index (χ1) is 8.08. The molecule has 0 unspecified atom stereocenters. The number of rotatable bonds is 2. The van der Waals surface area contributed by atoms with Crippen LogP contribution in [0.4, 0.5) is 14.5 Å². The van der Waals surface area contributed by atoms with Crippen molar-refractivity contribution in [2.75, 3.05) is 5.32 Å². The van der Waals surface area contributed by atoms with Crippen molar-refractivity contribution in [3.05, 3.63) is 45.4 Å². The zero-order chi connectivity index (χ0) is 12.4. The van der Waals surface area contributed by atoms with Crippen molar-refractivity contribution in [3.63, 3.8) is 0 Å². The lowest BCUT2D eigenvalue weighted by molar-refractivity contribution is 0.103. The molecule has 0 saturated heterocycles. The second-order valence-corrected chi connectivity index (χ2v) is 4.35. The number of carbonyl (C=O) groups excluding carboxylic acids is 1. The molecular formula is C10H5ClF2N2OS. The molecule has 88 valence electrons. The predicted octanol–water partition coefficient (Wildman–Crippen LogP) is 3.33. The van der Waals surface area contributed by atoms with Gasteiger partial charge in [0.2, 0.25) is 11.9 Å². The normalized spacial score (nSPS) is 10.3. The van der Waals surface area contributed by atoms with E-state index in [-0.39, 0.29) is 15.6 Å². The minimum Gasteiger partial charge on any atom is -0.317 e. The number of carbonyl (C=O) groups is 1. The van der Waals surface area contributed by atoms with Crippen LogP contribution in [0.25, 0.3) is 0 Å². The average molecular weight is 275 g/mol. The first kappa shape index (κ1) is 11.9. The highest BCUT2D eigenvalue weighted by molar-refractivity contribution is 7.12. The molecule has 0 aromatic carbocycles. The van der Waals surface area contributed by atoms with Crippen molar-refractivity contribution in [1.82, 2.24) is 4.98 Å². The third kappa shape index (κ3) is 2.59. The van der Waals surface area contributed by atoms with Crippen LogP contribution in [-0.4, -0.2) is 10.9 Å². The average Bonchev–Trinajstić information content (AvgIpc) is 2.68. The van der Waals surface area contributed by atoms with Gasteiger partial charge in [0.1, 0.15) is 4.88 Å². The summed E-state index contributed by atoms with van der Waals surface area (Å²) in [7, 11) is 0. The summed E-state index contributed by atoms with van der Waals surface area (Å²) in [4.78, 5) is 14.9. The van der Waals surface area contributed by atoms with Crippen LogP contribution in [0.5, 0.6) is 0 Å². The maximum atomic E-state index is 13.2. The molecule has 2 aromatic heterocycles. The van der Waals surface area contributed by atoms with E-state index in [9.17, 15) is 13.6 Å². The van der Waals surface area contributed by atoms with Gasteiger partial charge < -0.3 is 5.32 Å². The summed E-state index contributed by atoms with van der Waals surface area (Å²) in [6.45, 7) is 0. The molecule has 0 atom stereocenters. The topological polar surface area (TPSA) is 42.0 Å². The van der Waals surface area contributed by atoms with Gasteiger partial charge in [-0.2, -0.15) is 13.8 Å². The molecule has 0 spiro atoms. The first-order valence-electron chi connectivity index (χ1n) is 4.44. The quantitative estimate of drug-likeness (QED) is 0.854. The fourth-order valence-electron chi connectivity index (χ4n) is 1.14. The zero-order valence-electron chi connectivity index (χ0n) is 8.21. The molecule has 1 N–H and O–H groups in total. The van der Waals surface area contributed by atoms with Crippen LogP contribution in [0.2, 0.25) is 5.02 Å². The van der Waals surface area contributed by atoms with Gasteiger partial charge in [-0.25, -0.2) is 0 Å². The van der Waals surface area contributed by atoms with E-state index in [1.807, 2.05) is 0 Å². The molecule has 0 bridgehead atoms. The smallest absolute Gasteiger partial charge is 0.267 e. The Morgan fingerprint density at radius 1 is 1.35 bits per heavy atom. The van der Waals surface area contributed by atoms with Gasteiger partial charge in [0.25, 0.3) is 5.91 Å². The Labute approximate surface area is 104 Å². The monoisotopic (exact) mass is 274 g/mol. The van der Waals surface area contributed by atoms with E-state index in [1.54, 1.807) is 11.4 Å². The number of hydrogen-bond acceptors (Lipinski definition) is 3. The van der Waals surface area contributed by atoms with Crippen molar-refractivity contribution in [2.45, 2.75) is 0 Å². The van der Waals surface area contributed by atoms with E-state index in [2.05, 4.69) is 10.3 Å². The maximum absolute atomic E-state index is 13.2. The number of amides is 1. The number of nitrogens with one attached hydrogen (secondary N) is 1. The molecule has 2 heterocycles. The lowest BCUT2D eigenvalue weighted by Crippen LogP contribution is -2.12. The van der Waals surface area contributed by atoms with Gasteiger partial charge in [0, 0.05) is 0 Å². The van der Waals surface area contributed by atoms with Gasteiger partial charge in [-0.15, -0.1) is 11.3 Å². The first-order valence-corrected chi connectivity index (χ1v) is 5.70. The van der Waals surface area contributed by atoms with E-state index in [1.165, 1.54) is 0 Å². The largest absolute Gasteiger partial charge is 0.317 e. The van der Waals surface area contributed by atoms with Crippen molar-refractivity contribution in [3.8, 4) is 0 Å². The van der Waals surface area contributed by atoms with E-state index < -0.39 is 17.8 Å². The summed E-state index contributed by atoms with van der Waals surface area (Å²) in [5.41, 5.74) is -0.194. The van der Waals surface area contributed by atoms with Crippen LogP contribution >= 0.6 is 22.9 Å².